The highest BCUT2D eigenvalue weighted by atomic mass is 35.5. The van der Waals surface area contributed by atoms with Crippen molar-refractivity contribution >= 4 is 22.9 Å². The van der Waals surface area contributed by atoms with E-state index in [1.165, 1.54) is 10.6 Å². The van der Waals surface area contributed by atoms with Crippen LogP contribution in [0.25, 0.3) is 11.3 Å². The molecule has 0 spiro atoms. The smallest absolute Gasteiger partial charge is 0.182 e. The normalized spacial score (nSPS) is 10.8. The van der Waals surface area contributed by atoms with E-state index >= 15 is 0 Å². The van der Waals surface area contributed by atoms with E-state index in [-0.39, 0.29) is 0 Å². The molecule has 17 heavy (non-hydrogen) atoms. The fourth-order valence-electron chi connectivity index (χ4n) is 1.94. The minimum absolute atomic E-state index is 0.620. The Labute approximate surface area is 110 Å². The SMILES string of the molecule is CCc1sc(=N)n(CC)c1-c1ccc(Cl)cc1. The Morgan fingerprint density at radius 3 is 2.41 bits per heavy atom. The summed E-state index contributed by atoms with van der Waals surface area (Å²) in [6, 6.07) is 7.85. The molecule has 0 bridgehead atoms. The van der Waals surface area contributed by atoms with Crippen LogP contribution in [0.2, 0.25) is 5.02 Å². The van der Waals surface area contributed by atoms with Gasteiger partial charge in [0.05, 0.1) is 5.69 Å². The first-order valence-electron chi connectivity index (χ1n) is 5.70. The van der Waals surface area contributed by atoms with Gasteiger partial charge in [-0.15, -0.1) is 11.3 Å². The Morgan fingerprint density at radius 2 is 1.88 bits per heavy atom. The lowest BCUT2D eigenvalue weighted by atomic mass is 10.1. The average Bonchev–Trinajstić information content (AvgIpc) is 2.66. The minimum atomic E-state index is 0.620. The molecule has 0 radical (unpaired) electrons. The zero-order valence-corrected chi connectivity index (χ0v) is 11.5. The molecule has 0 saturated carbocycles. The number of halogens is 1. The summed E-state index contributed by atoms with van der Waals surface area (Å²) in [6.07, 6.45) is 0.960. The molecule has 0 aliphatic heterocycles. The molecule has 0 saturated heterocycles. The van der Waals surface area contributed by atoms with Gasteiger partial charge in [0.1, 0.15) is 0 Å². The van der Waals surface area contributed by atoms with Crippen molar-refractivity contribution in [2.24, 2.45) is 0 Å². The Kier molecular flexibility index (Phi) is 3.69. The monoisotopic (exact) mass is 266 g/mol. The number of nitrogens with zero attached hydrogens (tertiary/aromatic N) is 1. The fraction of sp³-hybridized carbons (Fsp3) is 0.308. The van der Waals surface area contributed by atoms with E-state index in [2.05, 4.69) is 13.8 Å². The Hall–Kier alpha value is -1.06. The van der Waals surface area contributed by atoms with Crippen LogP contribution in [-0.2, 0) is 13.0 Å². The maximum Gasteiger partial charge on any atom is 0.182 e. The Bertz CT molecular complexity index is 566. The highest BCUT2D eigenvalue weighted by Gasteiger charge is 2.12. The molecule has 4 heteroatoms. The predicted octanol–water partition coefficient (Wildman–Crippen LogP) is 3.93. The van der Waals surface area contributed by atoms with Gasteiger partial charge in [0.2, 0.25) is 0 Å². The highest BCUT2D eigenvalue weighted by molar-refractivity contribution is 7.09. The second kappa shape index (κ2) is 5.07. The van der Waals surface area contributed by atoms with Crippen LogP contribution in [0.1, 0.15) is 18.7 Å². The van der Waals surface area contributed by atoms with Gasteiger partial charge < -0.3 is 4.57 Å². The lowest BCUT2D eigenvalue weighted by Crippen LogP contribution is -2.12. The van der Waals surface area contributed by atoms with Crippen LogP contribution in [0.4, 0.5) is 0 Å². The average molecular weight is 267 g/mol. The molecular weight excluding hydrogens is 252 g/mol. The maximum atomic E-state index is 7.98. The lowest BCUT2D eigenvalue weighted by molar-refractivity contribution is 0.733. The quantitative estimate of drug-likeness (QED) is 0.872. The van der Waals surface area contributed by atoms with Gasteiger partial charge in [0, 0.05) is 16.4 Å². The maximum absolute atomic E-state index is 7.98. The predicted molar refractivity (Wildman–Crippen MR) is 73.7 cm³/mol. The van der Waals surface area contributed by atoms with Gasteiger partial charge in [0.15, 0.2) is 4.80 Å². The summed E-state index contributed by atoms with van der Waals surface area (Å²) in [6.45, 7) is 5.03. The molecule has 2 aromatic rings. The Morgan fingerprint density at radius 1 is 1.24 bits per heavy atom. The van der Waals surface area contributed by atoms with Crippen molar-refractivity contribution in [2.75, 3.05) is 0 Å². The number of aryl methyl sites for hydroxylation is 1. The standard InChI is InChI=1S/C13H15ClN2S/c1-3-11-12(16(4-2)13(15)17-11)9-5-7-10(14)8-6-9/h5-8,15H,3-4H2,1-2H3. The number of rotatable bonds is 3. The molecule has 0 aliphatic carbocycles. The third-order valence-corrected chi connectivity index (χ3v) is 4.15. The molecule has 2 rings (SSSR count). The van der Waals surface area contributed by atoms with Gasteiger partial charge in [-0.2, -0.15) is 0 Å². The summed E-state index contributed by atoms with van der Waals surface area (Å²) >= 11 is 7.47. The fourth-order valence-corrected chi connectivity index (χ4v) is 3.10. The van der Waals surface area contributed by atoms with E-state index in [1.807, 2.05) is 28.8 Å². The van der Waals surface area contributed by atoms with Crippen LogP contribution in [-0.4, -0.2) is 4.57 Å². The lowest BCUT2D eigenvalue weighted by Gasteiger charge is -2.08. The van der Waals surface area contributed by atoms with E-state index < -0.39 is 0 Å². The van der Waals surface area contributed by atoms with E-state index in [4.69, 9.17) is 17.0 Å². The van der Waals surface area contributed by atoms with Crippen molar-refractivity contribution in [1.82, 2.24) is 4.57 Å². The number of hydrogen-bond acceptors (Lipinski definition) is 2. The largest absolute Gasteiger partial charge is 0.317 e. The number of benzene rings is 1. The molecule has 1 heterocycles. The molecule has 90 valence electrons. The number of aromatic nitrogens is 1. The van der Waals surface area contributed by atoms with Crippen molar-refractivity contribution in [3.05, 3.63) is 39.0 Å². The van der Waals surface area contributed by atoms with Crippen LogP contribution >= 0.6 is 22.9 Å². The number of nitrogens with one attached hydrogen (secondary N) is 1. The minimum Gasteiger partial charge on any atom is -0.317 e. The van der Waals surface area contributed by atoms with E-state index in [0.717, 1.165) is 23.6 Å². The summed E-state index contributed by atoms with van der Waals surface area (Å²) in [7, 11) is 0. The first kappa shape index (κ1) is 12.4. The second-order valence-electron chi connectivity index (χ2n) is 3.78. The van der Waals surface area contributed by atoms with Crippen molar-refractivity contribution in [3.63, 3.8) is 0 Å². The van der Waals surface area contributed by atoms with E-state index in [0.29, 0.717) is 4.80 Å². The van der Waals surface area contributed by atoms with E-state index in [9.17, 15) is 0 Å². The zero-order valence-electron chi connectivity index (χ0n) is 9.96. The van der Waals surface area contributed by atoms with Gasteiger partial charge in [0.25, 0.3) is 0 Å². The molecular formula is C13H15ClN2S. The topological polar surface area (TPSA) is 28.8 Å². The summed E-state index contributed by atoms with van der Waals surface area (Å²) in [5.41, 5.74) is 2.31. The molecule has 0 unspecified atom stereocenters. The number of hydrogen-bond donors (Lipinski definition) is 1. The summed E-state index contributed by atoms with van der Waals surface area (Å²) < 4.78 is 2.05. The van der Waals surface area contributed by atoms with Crippen LogP contribution in [0.5, 0.6) is 0 Å². The molecule has 0 amide bonds. The molecule has 1 aromatic carbocycles. The van der Waals surface area contributed by atoms with Gasteiger partial charge in [-0.05, 0) is 31.0 Å². The first-order chi connectivity index (χ1) is 8.17. The van der Waals surface area contributed by atoms with Crippen LogP contribution < -0.4 is 4.80 Å². The Balaban J connectivity index is 2.64. The zero-order chi connectivity index (χ0) is 12.4. The second-order valence-corrected chi connectivity index (χ2v) is 5.30. The van der Waals surface area contributed by atoms with Gasteiger partial charge in [-0.1, -0.05) is 30.7 Å². The van der Waals surface area contributed by atoms with Crippen molar-refractivity contribution in [2.45, 2.75) is 26.8 Å². The van der Waals surface area contributed by atoms with Gasteiger partial charge in [-0.3, -0.25) is 5.41 Å². The summed E-state index contributed by atoms with van der Waals surface area (Å²) in [5.74, 6) is 0. The third-order valence-electron chi connectivity index (χ3n) is 2.75. The molecule has 1 N–H and O–H groups in total. The molecule has 2 nitrogen and oxygen atoms in total. The van der Waals surface area contributed by atoms with Crippen molar-refractivity contribution in [1.29, 1.82) is 5.41 Å². The van der Waals surface area contributed by atoms with Crippen molar-refractivity contribution < 1.29 is 0 Å². The first-order valence-corrected chi connectivity index (χ1v) is 6.89. The van der Waals surface area contributed by atoms with Crippen LogP contribution in [0.15, 0.2) is 24.3 Å². The van der Waals surface area contributed by atoms with Crippen molar-refractivity contribution in [3.8, 4) is 11.3 Å². The summed E-state index contributed by atoms with van der Waals surface area (Å²) in [4.78, 5) is 1.88. The van der Waals surface area contributed by atoms with Gasteiger partial charge >= 0.3 is 0 Å². The number of thiazole rings is 1. The highest BCUT2D eigenvalue weighted by Crippen LogP contribution is 2.27. The molecule has 0 aliphatic rings. The molecule has 0 fully saturated rings. The van der Waals surface area contributed by atoms with Crippen LogP contribution in [0, 0.1) is 5.41 Å². The van der Waals surface area contributed by atoms with Gasteiger partial charge in [-0.25, -0.2) is 0 Å². The summed E-state index contributed by atoms with van der Waals surface area (Å²) in [5, 5.41) is 8.73. The molecule has 0 atom stereocenters. The van der Waals surface area contributed by atoms with E-state index in [1.54, 1.807) is 11.3 Å². The third kappa shape index (κ3) is 2.31. The van der Waals surface area contributed by atoms with Crippen LogP contribution in [0.3, 0.4) is 0 Å². The molecule has 1 aromatic heterocycles.